The number of hydrogen-bond donors (Lipinski definition) is 2. The van der Waals surface area contributed by atoms with E-state index < -0.39 is 0 Å². The molecule has 1 aromatic carbocycles. The van der Waals surface area contributed by atoms with Crippen LogP contribution in [0.5, 0.6) is 11.5 Å². The van der Waals surface area contributed by atoms with Gasteiger partial charge in [-0.2, -0.15) is 0 Å². The molecule has 2 N–H and O–H groups in total. The van der Waals surface area contributed by atoms with Crippen molar-refractivity contribution in [2.24, 2.45) is 4.99 Å². The van der Waals surface area contributed by atoms with Crippen molar-refractivity contribution in [3.63, 3.8) is 0 Å². The summed E-state index contributed by atoms with van der Waals surface area (Å²) >= 11 is 0. The first-order valence-corrected chi connectivity index (χ1v) is 8.83. The van der Waals surface area contributed by atoms with Crippen molar-refractivity contribution in [1.29, 1.82) is 0 Å². The van der Waals surface area contributed by atoms with Gasteiger partial charge in [-0.1, -0.05) is 6.07 Å². The van der Waals surface area contributed by atoms with Gasteiger partial charge in [-0.25, -0.2) is 0 Å². The number of guanidine groups is 1. The Kier molecular flexibility index (Phi) is 4.47. The lowest BCUT2D eigenvalue weighted by Gasteiger charge is -2.22. The highest BCUT2D eigenvalue weighted by Gasteiger charge is 2.41. The number of nitrogens with one attached hydrogen (secondary N) is 2. The molecule has 2 saturated heterocycles. The molecule has 3 unspecified atom stereocenters. The van der Waals surface area contributed by atoms with Crippen LogP contribution in [0.1, 0.15) is 31.2 Å². The summed E-state index contributed by atoms with van der Waals surface area (Å²) in [5.74, 6) is 2.48. The average Bonchev–Trinajstić information content (AvgIpc) is 3.14. The van der Waals surface area contributed by atoms with Crippen LogP contribution in [0.4, 0.5) is 0 Å². The molecule has 6 nitrogen and oxygen atoms in total. The van der Waals surface area contributed by atoms with Gasteiger partial charge in [0.1, 0.15) is 0 Å². The van der Waals surface area contributed by atoms with Gasteiger partial charge < -0.3 is 24.8 Å². The Hall–Kier alpha value is -1.95. The van der Waals surface area contributed by atoms with Gasteiger partial charge in [-0.05, 0) is 37.0 Å². The van der Waals surface area contributed by atoms with Gasteiger partial charge in [0.2, 0.25) is 0 Å². The van der Waals surface area contributed by atoms with Crippen LogP contribution in [0.2, 0.25) is 0 Å². The molecular formula is C18H25N3O3. The predicted molar refractivity (Wildman–Crippen MR) is 91.7 cm³/mol. The van der Waals surface area contributed by atoms with Crippen molar-refractivity contribution >= 4 is 5.96 Å². The molecule has 2 bridgehead atoms. The third-order valence-electron chi connectivity index (χ3n) is 4.92. The highest BCUT2D eigenvalue weighted by molar-refractivity contribution is 5.80. The normalized spacial score (nSPS) is 28.5. The lowest BCUT2D eigenvalue weighted by Crippen LogP contribution is -2.47. The first-order chi connectivity index (χ1) is 11.8. The maximum absolute atomic E-state index is 5.89. The number of hydrogen-bond acceptors (Lipinski definition) is 4. The minimum Gasteiger partial charge on any atom is -0.490 e. The molecule has 24 heavy (non-hydrogen) atoms. The van der Waals surface area contributed by atoms with Gasteiger partial charge >= 0.3 is 0 Å². The van der Waals surface area contributed by atoms with E-state index in [1.165, 1.54) is 6.42 Å². The summed E-state index contributed by atoms with van der Waals surface area (Å²) in [5.41, 5.74) is 1.14. The Morgan fingerprint density at radius 2 is 2.08 bits per heavy atom. The smallest absolute Gasteiger partial charge is 0.191 e. The molecule has 3 aliphatic heterocycles. The number of ether oxygens (including phenoxy) is 3. The van der Waals surface area contributed by atoms with Crippen LogP contribution in [0.3, 0.4) is 0 Å². The fourth-order valence-corrected chi connectivity index (χ4v) is 3.66. The van der Waals surface area contributed by atoms with Crippen molar-refractivity contribution in [3.8, 4) is 11.5 Å². The van der Waals surface area contributed by atoms with Gasteiger partial charge in [0.25, 0.3) is 0 Å². The molecule has 0 spiro atoms. The van der Waals surface area contributed by atoms with Crippen LogP contribution < -0.4 is 20.1 Å². The first kappa shape index (κ1) is 15.6. The van der Waals surface area contributed by atoms with Crippen LogP contribution in [-0.2, 0) is 11.3 Å². The Labute approximate surface area is 142 Å². The number of rotatable bonds is 3. The second kappa shape index (κ2) is 6.89. The van der Waals surface area contributed by atoms with Crippen LogP contribution >= 0.6 is 0 Å². The highest BCUT2D eigenvalue weighted by Crippen LogP contribution is 2.34. The largest absolute Gasteiger partial charge is 0.490 e. The van der Waals surface area contributed by atoms with E-state index in [1.54, 1.807) is 7.05 Å². The maximum atomic E-state index is 5.89. The molecule has 0 aliphatic carbocycles. The molecular weight excluding hydrogens is 306 g/mol. The highest BCUT2D eigenvalue weighted by atomic mass is 16.5. The van der Waals surface area contributed by atoms with Crippen molar-refractivity contribution in [3.05, 3.63) is 23.8 Å². The molecule has 3 heterocycles. The van der Waals surface area contributed by atoms with Gasteiger partial charge in [0, 0.05) is 20.0 Å². The Balaban J connectivity index is 1.34. The number of fused-ring (bicyclic) bond motifs is 3. The lowest BCUT2D eigenvalue weighted by molar-refractivity contribution is 0.0992. The Bertz CT molecular complexity index is 620. The van der Waals surface area contributed by atoms with Gasteiger partial charge in [-0.15, -0.1) is 0 Å². The standard InChI is InChI=1S/C18H25N3O3/c1-19-18(21-14-10-13-4-6-15(14)24-13)20-11-12-3-5-16-17(9-12)23-8-2-7-22-16/h3,5,9,13-15H,2,4,6-8,10-11H2,1H3,(H2,19,20,21). The molecule has 1 aromatic rings. The monoisotopic (exact) mass is 331 g/mol. The predicted octanol–water partition coefficient (Wildman–Crippen LogP) is 1.83. The van der Waals surface area contributed by atoms with Crippen molar-refractivity contribution < 1.29 is 14.2 Å². The van der Waals surface area contributed by atoms with Crippen LogP contribution in [0, 0.1) is 0 Å². The molecule has 130 valence electrons. The van der Waals surface area contributed by atoms with E-state index in [4.69, 9.17) is 14.2 Å². The fourth-order valence-electron chi connectivity index (χ4n) is 3.66. The molecule has 0 saturated carbocycles. The van der Waals surface area contributed by atoms with Gasteiger partial charge in [0.15, 0.2) is 17.5 Å². The van der Waals surface area contributed by atoms with Crippen LogP contribution in [0.25, 0.3) is 0 Å². The molecule has 4 rings (SSSR count). The van der Waals surface area contributed by atoms with E-state index in [1.807, 2.05) is 12.1 Å². The number of nitrogens with zero attached hydrogens (tertiary/aromatic N) is 1. The van der Waals surface area contributed by atoms with Gasteiger partial charge in [-0.3, -0.25) is 4.99 Å². The van der Waals surface area contributed by atoms with E-state index in [0.717, 1.165) is 42.3 Å². The summed E-state index contributed by atoms with van der Waals surface area (Å²) in [7, 11) is 1.80. The second-order valence-electron chi connectivity index (χ2n) is 6.62. The molecule has 0 amide bonds. The van der Waals surface area contributed by atoms with Crippen molar-refractivity contribution in [2.75, 3.05) is 20.3 Å². The number of benzene rings is 1. The molecule has 2 fully saturated rings. The van der Waals surface area contributed by atoms with E-state index in [0.29, 0.717) is 38.0 Å². The summed E-state index contributed by atoms with van der Waals surface area (Å²) in [4.78, 5) is 4.34. The zero-order valence-corrected chi connectivity index (χ0v) is 14.1. The fraction of sp³-hybridized carbons (Fsp3) is 0.611. The molecule has 0 radical (unpaired) electrons. The summed E-state index contributed by atoms with van der Waals surface area (Å²) in [6.45, 7) is 2.11. The van der Waals surface area contributed by atoms with E-state index in [2.05, 4.69) is 21.7 Å². The third kappa shape index (κ3) is 3.29. The summed E-state index contributed by atoms with van der Waals surface area (Å²) < 4.78 is 17.3. The van der Waals surface area contributed by atoms with Crippen LogP contribution in [-0.4, -0.2) is 44.5 Å². The lowest BCUT2D eigenvalue weighted by atomic mass is 9.96. The van der Waals surface area contributed by atoms with Gasteiger partial charge in [0.05, 0.1) is 31.5 Å². The number of aliphatic imine (C=N–C) groups is 1. The van der Waals surface area contributed by atoms with E-state index in [-0.39, 0.29) is 0 Å². The third-order valence-corrected chi connectivity index (χ3v) is 4.92. The topological polar surface area (TPSA) is 64.1 Å². The zero-order chi connectivity index (χ0) is 16.4. The van der Waals surface area contributed by atoms with E-state index in [9.17, 15) is 0 Å². The van der Waals surface area contributed by atoms with Crippen molar-refractivity contribution in [1.82, 2.24) is 10.6 Å². The minimum atomic E-state index is 0.339. The maximum Gasteiger partial charge on any atom is 0.191 e. The second-order valence-corrected chi connectivity index (χ2v) is 6.62. The molecule has 3 aliphatic rings. The quantitative estimate of drug-likeness (QED) is 0.653. The SMILES string of the molecule is CN=C(NCc1ccc2c(c1)OCCCO2)NC1CC2CCC1O2. The summed E-state index contributed by atoms with van der Waals surface area (Å²) in [6.07, 6.45) is 5.13. The minimum absolute atomic E-state index is 0.339. The van der Waals surface area contributed by atoms with Crippen molar-refractivity contribution in [2.45, 2.75) is 50.5 Å². The summed E-state index contributed by atoms with van der Waals surface area (Å²) in [6, 6.07) is 6.46. The molecule has 6 heteroatoms. The Morgan fingerprint density at radius 1 is 1.21 bits per heavy atom. The first-order valence-electron chi connectivity index (χ1n) is 8.83. The van der Waals surface area contributed by atoms with E-state index >= 15 is 0 Å². The Morgan fingerprint density at radius 3 is 2.83 bits per heavy atom. The average molecular weight is 331 g/mol. The molecule has 0 aromatic heterocycles. The zero-order valence-electron chi connectivity index (χ0n) is 14.1. The van der Waals surface area contributed by atoms with Crippen LogP contribution in [0.15, 0.2) is 23.2 Å². The molecule has 3 atom stereocenters. The summed E-state index contributed by atoms with van der Waals surface area (Å²) in [5, 5.41) is 6.88.